The summed E-state index contributed by atoms with van der Waals surface area (Å²) >= 11 is 0. The molecule has 2 aromatic rings. The Kier molecular flexibility index (Phi) is 5.18. The van der Waals surface area contributed by atoms with Crippen LogP contribution in [0.5, 0.6) is 0 Å². The Morgan fingerprint density at radius 1 is 1.19 bits per heavy atom. The molecule has 1 fully saturated rings. The lowest BCUT2D eigenvalue weighted by Gasteiger charge is -2.13. The number of sulfonamides is 1. The Hall–Kier alpha value is -2.87. The van der Waals surface area contributed by atoms with E-state index in [4.69, 9.17) is 9.47 Å². The zero-order chi connectivity index (χ0) is 19.6. The molecule has 8 heteroatoms. The molecule has 0 spiro atoms. The summed E-state index contributed by atoms with van der Waals surface area (Å²) in [6.45, 7) is 3.71. The van der Waals surface area contributed by atoms with Crippen LogP contribution in [0, 0.1) is 13.8 Å². The third-order valence-corrected chi connectivity index (χ3v) is 5.53. The molecule has 1 N–H and O–H groups in total. The Labute approximate surface area is 157 Å². The molecule has 142 valence electrons. The number of cyclic esters (lactones) is 1. The zero-order valence-electron chi connectivity index (χ0n) is 14.9. The number of esters is 2. The number of hydrogen-bond donors (Lipinski definition) is 1. The summed E-state index contributed by atoms with van der Waals surface area (Å²) in [6.07, 6.45) is -0.668. The SMILES string of the molecule is Cc1cccc(NS(=O)(=O)c2ccc(C)c(C(=O)O[C@H]3CCOC3=O)c2)c1. The number of ether oxygens (including phenoxy) is 2. The molecule has 0 radical (unpaired) electrons. The van der Waals surface area contributed by atoms with Crippen LogP contribution in [0.2, 0.25) is 0 Å². The lowest BCUT2D eigenvalue weighted by Crippen LogP contribution is -2.23. The van der Waals surface area contributed by atoms with E-state index in [0.717, 1.165) is 5.56 Å². The third-order valence-electron chi connectivity index (χ3n) is 4.15. The normalized spacial score (nSPS) is 16.7. The Morgan fingerprint density at radius 3 is 2.63 bits per heavy atom. The van der Waals surface area contributed by atoms with Gasteiger partial charge in [0.1, 0.15) is 0 Å². The summed E-state index contributed by atoms with van der Waals surface area (Å²) in [5.74, 6) is -1.35. The van der Waals surface area contributed by atoms with Crippen molar-refractivity contribution in [2.45, 2.75) is 31.3 Å². The van der Waals surface area contributed by atoms with Crippen LogP contribution < -0.4 is 4.72 Å². The number of rotatable bonds is 5. The Bertz CT molecular complexity index is 999. The Morgan fingerprint density at radius 2 is 1.96 bits per heavy atom. The van der Waals surface area contributed by atoms with Gasteiger partial charge in [0, 0.05) is 12.1 Å². The van der Waals surface area contributed by atoms with Crippen molar-refractivity contribution < 1.29 is 27.5 Å². The van der Waals surface area contributed by atoms with Gasteiger partial charge in [-0.25, -0.2) is 18.0 Å². The van der Waals surface area contributed by atoms with Gasteiger partial charge >= 0.3 is 11.9 Å². The van der Waals surface area contributed by atoms with E-state index in [1.807, 2.05) is 13.0 Å². The molecule has 2 aromatic carbocycles. The molecule has 0 unspecified atom stereocenters. The van der Waals surface area contributed by atoms with Crippen LogP contribution in [-0.4, -0.2) is 33.1 Å². The second-order valence-corrected chi connectivity index (χ2v) is 7.98. The average molecular weight is 389 g/mol. The van der Waals surface area contributed by atoms with E-state index >= 15 is 0 Å². The number of benzene rings is 2. The maximum atomic E-state index is 12.7. The van der Waals surface area contributed by atoms with E-state index < -0.39 is 28.1 Å². The van der Waals surface area contributed by atoms with Crippen molar-refractivity contribution in [3.63, 3.8) is 0 Å². The fraction of sp³-hybridized carbons (Fsp3) is 0.263. The molecule has 7 nitrogen and oxygen atoms in total. The molecule has 0 aliphatic carbocycles. The molecule has 1 aliphatic rings. The maximum absolute atomic E-state index is 12.7. The van der Waals surface area contributed by atoms with Crippen LogP contribution in [0.25, 0.3) is 0 Å². The average Bonchev–Trinajstić information content (AvgIpc) is 2.99. The highest BCUT2D eigenvalue weighted by Crippen LogP contribution is 2.22. The summed E-state index contributed by atoms with van der Waals surface area (Å²) in [6, 6.07) is 11.1. The molecular weight excluding hydrogens is 370 g/mol. The van der Waals surface area contributed by atoms with E-state index in [1.165, 1.54) is 18.2 Å². The maximum Gasteiger partial charge on any atom is 0.347 e. The highest BCUT2D eigenvalue weighted by atomic mass is 32.2. The van der Waals surface area contributed by atoms with Gasteiger partial charge in [-0.15, -0.1) is 0 Å². The predicted molar refractivity (Wildman–Crippen MR) is 97.9 cm³/mol. The molecule has 0 bridgehead atoms. The number of anilines is 1. The van der Waals surface area contributed by atoms with Crippen LogP contribution >= 0.6 is 0 Å². The number of hydrogen-bond acceptors (Lipinski definition) is 6. The van der Waals surface area contributed by atoms with Crippen LogP contribution in [-0.2, 0) is 24.3 Å². The van der Waals surface area contributed by atoms with Crippen LogP contribution in [0.4, 0.5) is 5.69 Å². The topological polar surface area (TPSA) is 98.8 Å². The first-order chi connectivity index (χ1) is 12.8. The number of carbonyl (C=O) groups is 2. The van der Waals surface area contributed by atoms with Crippen molar-refractivity contribution in [1.29, 1.82) is 0 Å². The summed E-state index contributed by atoms with van der Waals surface area (Å²) in [7, 11) is -3.89. The summed E-state index contributed by atoms with van der Waals surface area (Å²) in [5, 5.41) is 0. The number of carbonyl (C=O) groups excluding carboxylic acids is 2. The first kappa shape index (κ1) is 18.9. The summed E-state index contributed by atoms with van der Waals surface area (Å²) in [4.78, 5) is 23.8. The van der Waals surface area contributed by atoms with Crippen molar-refractivity contribution in [3.05, 3.63) is 59.2 Å². The van der Waals surface area contributed by atoms with Crippen LogP contribution in [0.1, 0.15) is 27.9 Å². The molecule has 1 saturated heterocycles. The van der Waals surface area contributed by atoms with Gasteiger partial charge in [-0.2, -0.15) is 0 Å². The van der Waals surface area contributed by atoms with E-state index in [-0.39, 0.29) is 23.5 Å². The standard InChI is InChI=1S/C19H19NO6S/c1-12-4-3-5-14(10-12)20-27(23,24)15-7-6-13(2)16(11-15)18(21)26-17-8-9-25-19(17)22/h3-7,10-11,17,20H,8-9H2,1-2H3/t17-/m0/s1. The molecule has 1 aliphatic heterocycles. The highest BCUT2D eigenvalue weighted by molar-refractivity contribution is 7.92. The van der Waals surface area contributed by atoms with Gasteiger partial charge in [-0.3, -0.25) is 4.72 Å². The predicted octanol–water partition coefficient (Wildman–Crippen LogP) is 2.58. The van der Waals surface area contributed by atoms with E-state index in [0.29, 0.717) is 11.3 Å². The molecular formula is C19H19NO6S. The number of aryl methyl sites for hydroxylation is 2. The molecule has 3 rings (SSSR count). The van der Waals surface area contributed by atoms with Crippen molar-refractivity contribution >= 4 is 27.6 Å². The third kappa shape index (κ3) is 4.28. The minimum Gasteiger partial charge on any atom is -0.463 e. The van der Waals surface area contributed by atoms with Crippen LogP contribution in [0.15, 0.2) is 47.4 Å². The van der Waals surface area contributed by atoms with Gasteiger partial charge < -0.3 is 9.47 Å². The smallest absolute Gasteiger partial charge is 0.347 e. The monoisotopic (exact) mass is 389 g/mol. The van der Waals surface area contributed by atoms with Gasteiger partial charge in [0.15, 0.2) is 0 Å². The Balaban J connectivity index is 1.85. The van der Waals surface area contributed by atoms with Gasteiger partial charge in [0.25, 0.3) is 10.0 Å². The minimum atomic E-state index is -3.89. The van der Waals surface area contributed by atoms with Crippen molar-refractivity contribution in [2.24, 2.45) is 0 Å². The fourth-order valence-corrected chi connectivity index (χ4v) is 3.76. The molecule has 0 saturated carbocycles. The van der Waals surface area contributed by atoms with Gasteiger partial charge in [-0.05, 0) is 49.2 Å². The first-order valence-corrected chi connectivity index (χ1v) is 9.82. The fourth-order valence-electron chi connectivity index (χ4n) is 2.69. The van der Waals surface area contributed by atoms with Crippen LogP contribution in [0.3, 0.4) is 0 Å². The van der Waals surface area contributed by atoms with Crippen molar-refractivity contribution in [1.82, 2.24) is 0 Å². The van der Waals surface area contributed by atoms with Gasteiger partial charge in [0.2, 0.25) is 6.10 Å². The molecule has 27 heavy (non-hydrogen) atoms. The highest BCUT2D eigenvalue weighted by Gasteiger charge is 2.31. The first-order valence-electron chi connectivity index (χ1n) is 8.34. The van der Waals surface area contributed by atoms with E-state index in [2.05, 4.69) is 4.72 Å². The van der Waals surface area contributed by atoms with Gasteiger partial charge in [0.05, 0.1) is 17.1 Å². The minimum absolute atomic E-state index is 0.0736. The lowest BCUT2D eigenvalue weighted by molar-refractivity contribution is -0.145. The summed E-state index contributed by atoms with van der Waals surface area (Å²) in [5.41, 5.74) is 1.96. The van der Waals surface area contributed by atoms with Crippen molar-refractivity contribution in [3.8, 4) is 0 Å². The van der Waals surface area contributed by atoms with Gasteiger partial charge in [-0.1, -0.05) is 18.2 Å². The lowest BCUT2D eigenvalue weighted by atomic mass is 10.1. The zero-order valence-corrected chi connectivity index (χ0v) is 15.7. The largest absolute Gasteiger partial charge is 0.463 e. The second kappa shape index (κ2) is 7.40. The second-order valence-electron chi connectivity index (χ2n) is 6.30. The molecule has 1 atom stereocenters. The molecule has 0 aromatic heterocycles. The molecule has 1 heterocycles. The van der Waals surface area contributed by atoms with E-state index in [9.17, 15) is 18.0 Å². The quantitative estimate of drug-likeness (QED) is 0.789. The number of nitrogens with one attached hydrogen (secondary N) is 1. The summed E-state index contributed by atoms with van der Waals surface area (Å²) < 4.78 is 37.7. The van der Waals surface area contributed by atoms with Crippen molar-refractivity contribution in [2.75, 3.05) is 11.3 Å². The molecule has 0 amide bonds. The van der Waals surface area contributed by atoms with E-state index in [1.54, 1.807) is 25.1 Å².